The number of carboxylic acids is 1. The van der Waals surface area contributed by atoms with Gasteiger partial charge in [-0.25, -0.2) is 4.79 Å². The Bertz CT molecular complexity index is 635. The van der Waals surface area contributed by atoms with Gasteiger partial charge in [-0.05, 0) is 48.7 Å². The number of aromatic carboxylic acids is 1. The van der Waals surface area contributed by atoms with E-state index < -0.39 is 5.97 Å². The number of carboxylic acid groups (broad SMARTS) is 1. The molecule has 0 aliphatic rings. The van der Waals surface area contributed by atoms with Crippen molar-refractivity contribution in [3.8, 4) is 16.9 Å². The number of nitrogens with zero attached hydrogens (tertiary/aromatic N) is 1. The lowest BCUT2D eigenvalue weighted by Crippen LogP contribution is -1.98. The molecule has 4 heteroatoms. The molecule has 1 aromatic heterocycles. The average molecular weight is 257 g/mol. The number of benzene rings is 1. The van der Waals surface area contributed by atoms with E-state index in [2.05, 4.69) is 4.98 Å². The van der Waals surface area contributed by atoms with Crippen LogP contribution in [-0.2, 0) is 0 Å². The van der Waals surface area contributed by atoms with Crippen LogP contribution in [0.1, 0.15) is 21.5 Å². The van der Waals surface area contributed by atoms with Crippen molar-refractivity contribution in [2.45, 2.75) is 13.8 Å². The Balaban J connectivity index is 2.56. The van der Waals surface area contributed by atoms with Gasteiger partial charge in [0, 0.05) is 18.0 Å². The highest BCUT2D eigenvalue weighted by Crippen LogP contribution is 2.30. The Labute approximate surface area is 111 Å². The quantitative estimate of drug-likeness (QED) is 0.918. The number of carbonyl (C=O) groups is 1. The number of hydrogen-bond donors (Lipinski definition) is 1. The largest absolute Gasteiger partial charge is 0.496 e. The van der Waals surface area contributed by atoms with Gasteiger partial charge in [-0.1, -0.05) is 0 Å². The van der Waals surface area contributed by atoms with Gasteiger partial charge in [0.25, 0.3) is 0 Å². The SMILES string of the molecule is COc1cc(C)c(-c2cncc(C(=O)O)c2)cc1C. The van der Waals surface area contributed by atoms with Gasteiger partial charge in [0.15, 0.2) is 0 Å². The van der Waals surface area contributed by atoms with E-state index in [1.165, 1.54) is 6.20 Å². The number of aromatic nitrogens is 1. The van der Waals surface area contributed by atoms with E-state index in [1.54, 1.807) is 19.4 Å². The normalized spacial score (nSPS) is 10.3. The molecule has 0 spiro atoms. The molecule has 4 nitrogen and oxygen atoms in total. The lowest BCUT2D eigenvalue weighted by atomic mass is 9.98. The summed E-state index contributed by atoms with van der Waals surface area (Å²) in [5.74, 6) is -0.152. The maximum Gasteiger partial charge on any atom is 0.337 e. The maximum atomic E-state index is 11.0. The van der Waals surface area contributed by atoms with Gasteiger partial charge in [-0.15, -0.1) is 0 Å². The van der Waals surface area contributed by atoms with E-state index in [9.17, 15) is 4.79 Å². The molecule has 0 amide bonds. The fraction of sp³-hybridized carbons (Fsp3) is 0.200. The Hall–Kier alpha value is -2.36. The van der Waals surface area contributed by atoms with E-state index in [-0.39, 0.29) is 5.56 Å². The molecule has 0 aliphatic carbocycles. The predicted octanol–water partition coefficient (Wildman–Crippen LogP) is 3.07. The van der Waals surface area contributed by atoms with Crippen LogP contribution in [0.15, 0.2) is 30.6 Å². The van der Waals surface area contributed by atoms with Gasteiger partial charge in [0.2, 0.25) is 0 Å². The highest BCUT2D eigenvalue weighted by Gasteiger charge is 2.10. The molecule has 0 saturated heterocycles. The van der Waals surface area contributed by atoms with Crippen LogP contribution >= 0.6 is 0 Å². The van der Waals surface area contributed by atoms with Gasteiger partial charge in [-0.2, -0.15) is 0 Å². The van der Waals surface area contributed by atoms with Gasteiger partial charge in [0.05, 0.1) is 12.7 Å². The molecule has 0 radical (unpaired) electrons. The minimum Gasteiger partial charge on any atom is -0.496 e. The number of pyridine rings is 1. The van der Waals surface area contributed by atoms with Gasteiger partial charge in [0.1, 0.15) is 5.75 Å². The highest BCUT2D eigenvalue weighted by atomic mass is 16.5. The van der Waals surface area contributed by atoms with Gasteiger partial charge in [-0.3, -0.25) is 4.98 Å². The van der Waals surface area contributed by atoms with Crippen LogP contribution < -0.4 is 4.74 Å². The van der Waals surface area contributed by atoms with E-state index in [1.807, 2.05) is 26.0 Å². The molecule has 0 fully saturated rings. The van der Waals surface area contributed by atoms with Crippen molar-refractivity contribution < 1.29 is 14.6 Å². The number of rotatable bonds is 3. The molecule has 0 unspecified atom stereocenters. The zero-order valence-electron chi connectivity index (χ0n) is 11.1. The summed E-state index contributed by atoms with van der Waals surface area (Å²) in [4.78, 5) is 15.0. The van der Waals surface area contributed by atoms with Crippen LogP contribution in [0.3, 0.4) is 0 Å². The molecule has 2 aromatic rings. The Morgan fingerprint density at radius 1 is 1.16 bits per heavy atom. The van der Waals surface area contributed by atoms with Crippen LogP contribution in [0.4, 0.5) is 0 Å². The second kappa shape index (κ2) is 5.10. The fourth-order valence-electron chi connectivity index (χ4n) is 2.02. The lowest BCUT2D eigenvalue weighted by Gasteiger charge is -2.11. The Morgan fingerprint density at radius 3 is 2.53 bits per heavy atom. The molecule has 0 atom stereocenters. The van der Waals surface area contributed by atoms with E-state index in [0.29, 0.717) is 0 Å². The van der Waals surface area contributed by atoms with Crippen molar-refractivity contribution in [2.24, 2.45) is 0 Å². The van der Waals surface area contributed by atoms with Crippen molar-refractivity contribution in [1.82, 2.24) is 4.98 Å². The number of methoxy groups -OCH3 is 1. The average Bonchev–Trinajstić information content (AvgIpc) is 2.41. The third kappa shape index (κ3) is 2.57. The summed E-state index contributed by atoms with van der Waals surface area (Å²) in [5, 5.41) is 9.00. The molecule has 19 heavy (non-hydrogen) atoms. The minimum atomic E-state index is -0.975. The zero-order chi connectivity index (χ0) is 14.0. The number of hydrogen-bond acceptors (Lipinski definition) is 3. The molecular weight excluding hydrogens is 242 g/mol. The zero-order valence-corrected chi connectivity index (χ0v) is 11.1. The van der Waals surface area contributed by atoms with Crippen LogP contribution in [0, 0.1) is 13.8 Å². The molecule has 0 aliphatic heterocycles. The maximum absolute atomic E-state index is 11.0. The first-order valence-corrected chi connectivity index (χ1v) is 5.87. The summed E-state index contributed by atoms with van der Waals surface area (Å²) >= 11 is 0. The van der Waals surface area contributed by atoms with Crippen molar-refractivity contribution in [2.75, 3.05) is 7.11 Å². The van der Waals surface area contributed by atoms with E-state index in [4.69, 9.17) is 9.84 Å². The molecular formula is C15H15NO3. The molecule has 2 rings (SSSR count). The molecule has 1 aromatic carbocycles. The first-order valence-electron chi connectivity index (χ1n) is 5.87. The Kier molecular flexibility index (Phi) is 3.51. The van der Waals surface area contributed by atoms with Crippen molar-refractivity contribution in [3.63, 3.8) is 0 Å². The third-order valence-corrected chi connectivity index (χ3v) is 3.04. The second-order valence-electron chi connectivity index (χ2n) is 4.40. The molecule has 0 saturated carbocycles. The minimum absolute atomic E-state index is 0.186. The van der Waals surface area contributed by atoms with Crippen molar-refractivity contribution >= 4 is 5.97 Å². The summed E-state index contributed by atoms with van der Waals surface area (Å²) < 4.78 is 5.27. The van der Waals surface area contributed by atoms with Crippen molar-refractivity contribution in [1.29, 1.82) is 0 Å². The second-order valence-corrected chi connectivity index (χ2v) is 4.40. The summed E-state index contributed by atoms with van der Waals surface area (Å²) in [6.07, 6.45) is 3.01. The van der Waals surface area contributed by atoms with Gasteiger partial charge < -0.3 is 9.84 Å². The Morgan fingerprint density at radius 2 is 1.89 bits per heavy atom. The molecule has 98 valence electrons. The van der Waals surface area contributed by atoms with Gasteiger partial charge >= 0.3 is 5.97 Å². The lowest BCUT2D eigenvalue weighted by molar-refractivity contribution is 0.0696. The van der Waals surface area contributed by atoms with E-state index >= 15 is 0 Å². The van der Waals surface area contributed by atoms with Crippen LogP contribution in [0.25, 0.3) is 11.1 Å². The highest BCUT2D eigenvalue weighted by molar-refractivity contribution is 5.89. The summed E-state index contributed by atoms with van der Waals surface area (Å²) in [5.41, 5.74) is 3.97. The van der Waals surface area contributed by atoms with Crippen molar-refractivity contribution in [3.05, 3.63) is 47.3 Å². The summed E-state index contributed by atoms with van der Waals surface area (Å²) in [6.45, 7) is 3.92. The van der Waals surface area contributed by atoms with Crippen LogP contribution in [0.2, 0.25) is 0 Å². The molecule has 0 bridgehead atoms. The smallest absolute Gasteiger partial charge is 0.337 e. The molecule has 1 N–H and O–H groups in total. The predicted molar refractivity (Wildman–Crippen MR) is 72.7 cm³/mol. The summed E-state index contributed by atoms with van der Waals surface area (Å²) in [6, 6.07) is 5.55. The topological polar surface area (TPSA) is 59.4 Å². The first kappa shape index (κ1) is 13.1. The standard InChI is InChI=1S/C15H15NO3/c1-9-5-14(19-3)10(2)4-13(9)11-6-12(15(17)18)8-16-7-11/h4-8H,1-3H3,(H,17,18). The molecule has 1 heterocycles. The number of ether oxygens (including phenoxy) is 1. The first-order chi connectivity index (χ1) is 9.02. The van der Waals surface area contributed by atoms with E-state index in [0.717, 1.165) is 28.0 Å². The summed E-state index contributed by atoms with van der Waals surface area (Å²) in [7, 11) is 1.63. The monoisotopic (exact) mass is 257 g/mol. The van der Waals surface area contributed by atoms with Crippen LogP contribution in [0.5, 0.6) is 5.75 Å². The third-order valence-electron chi connectivity index (χ3n) is 3.04. The number of aryl methyl sites for hydroxylation is 2. The van der Waals surface area contributed by atoms with Crippen LogP contribution in [-0.4, -0.2) is 23.2 Å². The fourth-order valence-corrected chi connectivity index (χ4v) is 2.02.